The van der Waals surface area contributed by atoms with Crippen LogP contribution in [-0.4, -0.2) is 54.5 Å². The molecule has 0 radical (unpaired) electrons. The molecule has 8 nitrogen and oxygen atoms in total. The van der Waals surface area contributed by atoms with Crippen molar-refractivity contribution in [1.29, 1.82) is 0 Å². The Morgan fingerprint density at radius 1 is 0.923 bits per heavy atom. The van der Waals surface area contributed by atoms with E-state index in [1.807, 2.05) is 54.6 Å². The number of rotatable bonds is 11. The molecule has 4 aromatic carbocycles. The molecule has 0 aliphatic heterocycles. The van der Waals surface area contributed by atoms with Gasteiger partial charge in [-0.25, -0.2) is 8.42 Å². The SMILES string of the molecule is CS(=O)(=O)Nc1cc(C(O)CN(CCOc2ccc3c(c2)[nH]c2ccccc23)Cc2ccccc2)ccc1O. The molecule has 4 N–H and O–H groups in total. The molecule has 1 atom stereocenters. The number of nitrogens with one attached hydrogen (secondary N) is 2. The van der Waals surface area contributed by atoms with Crippen molar-refractivity contribution in [3.63, 3.8) is 0 Å². The van der Waals surface area contributed by atoms with Gasteiger partial charge in [-0.3, -0.25) is 9.62 Å². The second-order valence-electron chi connectivity index (χ2n) is 9.61. The van der Waals surface area contributed by atoms with Gasteiger partial charge in [-0.2, -0.15) is 0 Å². The molecule has 0 saturated heterocycles. The van der Waals surface area contributed by atoms with Gasteiger partial charge in [-0.15, -0.1) is 0 Å². The Kier molecular flexibility index (Phi) is 7.74. The molecule has 5 rings (SSSR count). The molecule has 9 heteroatoms. The summed E-state index contributed by atoms with van der Waals surface area (Å²) in [7, 11) is -3.59. The number of aromatic nitrogens is 1. The quantitative estimate of drug-likeness (QED) is 0.174. The molecule has 5 aromatic rings. The molecule has 1 unspecified atom stereocenters. The van der Waals surface area contributed by atoms with Crippen molar-refractivity contribution in [2.24, 2.45) is 0 Å². The number of aromatic hydroxyl groups is 1. The zero-order chi connectivity index (χ0) is 27.4. The van der Waals surface area contributed by atoms with Crippen LogP contribution < -0.4 is 9.46 Å². The third kappa shape index (κ3) is 6.69. The standard InChI is InChI=1S/C30H31N3O5S/c1-39(36,37)32-28-17-22(11-14-29(28)34)30(35)20-33(19-21-7-3-2-4-8-21)15-16-38-23-12-13-25-24-9-5-6-10-26(24)31-27(25)18-23/h2-14,17-18,30-32,34-35H,15-16,19-20H2,1H3. The number of nitrogens with zero attached hydrogens (tertiary/aromatic N) is 1. The number of aromatic amines is 1. The molecule has 1 heterocycles. The number of aliphatic hydroxyl groups excluding tert-OH is 1. The predicted molar refractivity (Wildman–Crippen MR) is 155 cm³/mol. The minimum absolute atomic E-state index is 0.0272. The first-order valence-corrected chi connectivity index (χ1v) is 14.5. The summed E-state index contributed by atoms with van der Waals surface area (Å²) in [6.07, 6.45) is 0.0876. The topological polar surface area (TPSA) is 115 Å². The smallest absolute Gasteiger partial charge is 0.229 e. The molecule has 39 heavy (non-hydrogen) atoms. The van der Waals surface area contributed by atoms with Crippen LogP contribution in [0, 0.1) is 0 Å². The highest BCUT2D eigenvalue weighted by atomic mass is 32.2. The first-order chi connectivity index (χ1) is 18.7. The summed E-state index contributed by atoms with van der Waals surface area (Å²) < 4.78 is 31.7. The highest BCUT2D eigenvalue weighted by molar-refractivity contribution is 7.92. The van der Waals surface area contributed by atoms with E-state index in [1.54, 1.807) is 6.07 Å². The van der Waals surface area contributed by atoms with Crippen LogP contribution in [0.25, 0.3) is 21.8 Å². The average molecular weight is 546 g/mol. The van der Waals surface area contributed by atoms with Crippen LogP contribution in [-0.2, 0) is 16.6 Å². The second kappa shape index (κ2) is 11.4. The third-order valence-corrected chi connectivity index (χ3v) is 7.13. The lowest BCUT2D eigenvalue weighted by atomic mass is 10.1. The molecule has 0 bridgehead atoms. The highest BCUT2D eigenvalue weighted by Crippen LogP contribution is 2.29. The van der Waals surface area contributed by atoms with Gasteiger partial charge in [0.1, 0.15) is 18.1 Å². The van der Waals surface area contributed by atoms with E-state index in [1.165, 1.54) is 17.5 Å². The van der Waals surface area contributed by atoms with E-state index < -0.39 is 16.1 Å². The molecule has 1 aromatic heterocycles. The lowest BCUT2D eigenvalue weighted by molar-refractivity contribution is 0.0986. The van der Waals surface area contributed by atoms with Crippen molar-refractivity contribution < 1.29 is 23.4 Å². The first-order valence-electron chi connectivity index (χ1n) is 12.6. The zero-order valence-electron chi connectivity index (χ0n) is 21.5. The van der Waals surface area contributed by atoms with E-state index >= 15 is 0 Å². The maximum atomic E-state index is 11.7. The predicted octanol–water partition coefficient (Wildman–Crippen LogP) is 5.01. The summed E-state index contributed by atoms with van der Waals surface area (Å²) in [5.41, 5.74) is 3.70. The number of hydrogen-bond acceptors (Lipinski definition) is 6. The summed E-state index contributed by atoms with van der Waals surface area (Å²) >= 11 is 0. The summed E-state index contributed by atoms with van der Waals surface area (Å²) in [5, 5.41) is 23.4. The van der Waals surface area contributed by atoms with Crippen LogP contribution in [0.5, 0.6) is 11.5 Å². The molecule has 0 saturated carbocycles. The number of phenolic OH excluding ortho intramolecular Hbond substituents is 1. The Labute approximate surface area is 227 Å². The van der Waals surface area contributed by atoms with Crippen LogP contribution in [0.4, 0.5) is 5.69 Å². The van der Waals surface area contributed by atoms with Crippen LogP contribution in [0.15, 0.2) is 91.0 Å². The van der Waals surface area contributed by atoms with E-state index in [0.29, 0.717) is 25.3 Å². The lowest BCUT2D eigenvalue weighted by Crippen LogP contribution is -2.32. The van der Waals surface area contributed by atoms with Gasteiger partial charge < -0.3 is 19.9 Å². The molecular formula is C30H31N3O5S. The number of sulfonamides is 1. The van der Waals surface area contributed by atoms with E-state index in [-0.39, 0.29) is 18.0 Å². The van der Waals surface area contributed by atoms with Gasteiger partial charge in [0.25, 0.3) is 0 Å². The fraction of sp³-hybridized carbons (Fsp3) is 0.200. The minimum atomic E-state index is -3.59. The Balaban J connectivity index is 1.29. The van der Waals surface area contributed by atoms with Gasteiger partial charge in [0, 0.05) is 42.0 Å². The first kappa shape index (κ1) is 26.6. The van der Waals surface area contributed by atoms with Gasteiger partial charge in [0.05, 0.1) is 23.6 Å². The Hall–Kier alpha value is -4.05. The van der Waals surface area contributed by atoms with Crippen molar-refractivity contribution in [3.8, 4) is 11.5 Å². The third-order valence-electron chi connectivity index (χ3n) is 6.53. The van der Waals surface area contributed by atoms with Crippen LogP contribution in [0.3, 0.4) is 0 Å². The fourth-order valence-electron chi connectivity index (χ4n) is 4.68. The van der Waals surface area contributed by atoms with Crippen LogP contribution >= 0.6 is 0 Å². The van der Waals surface area contributed by atoms with E-state index in [2.05, 4.69) is 32.8 Å². The van der Waals surface area contributed by atoms with E-state index in [0.717, 1.165) is 34.0 Å². The van der Waals surface area contributed by atoms with Crippen molar-refractivity contribution >= 4 is 37.5 Å². The van der Waals surface area contributed by atoms with Crippen molar-refractivity contribution in [2.75, 3.05) is 30.7 Å². The molecule has 0 amide bonds. The summed E-state index contributed by atoms with van der Waals surface area (Å²) in [6, 6.07) is 28.6. The summed E-state index contributed by atoms with van der Waals surface area (Å²) in [5.74, 6) is 0.544. The number of hydrogen-bond donors (Lipinski definition) is 4. The molecule has 0 fully saturated rings. The lowest BCUT2D eigenvalue weighted by Gasteiger charge is -2.26. The van der Waals surface area contributed by atoms with Crippen molar-refractivity contribution in [3.05, 3.63) is 102 Å². The molecular weight excluding hydrogens is 514 g/mol. The maximum Gasteiger partial charge on any atom is 0.229 e. The number of para-hydroxylation sites is 1. The Bertz CT molecular complexity index is 1690. The Morgan fingerprint density at radius 2 is 1.67 bits per heavy atom. The minimum Gasteiger partial charge on any atom is -0.506 e. The number of benzene rings is 4. The zero-order valence-corrected chi connectivity index (χ0v) is 22.4. The monoisotopic (exact) mass is 545 g/mol. The number of ether oxygens (including phenoxy) is 1. The number of anilines is 1. The van der Waals surface area contributed by atoms with Crippen LogP contribution in [0.2, 0.25) is 0 Å². The molecule has 202 valence electrons. The molecule has 0 aliphatic rings. The van der Waals surface area contributed by atoms with E-state index in [9.17, 15) is 18.6 Å². The number of aliphatic hydroxyl groups is 1. The van der Waals surface area contributed by atoms with Gasteiger partial charge in [0.2, 0.25) is 10.0 Å². The summed E-state index contributed by atoms with van der Waals surface area (Å²) in [6.45, 7) is 1.82. The largest absolute Gasteiger partial charge is 0.506 e. The second-order valence-corrected chi connectivity index (χ2v) is 11.4. The number of phenols is 1. The van der Waals surface area contributed by atoms with Crippen molar-refractivity contribution in [2.45, 2.75) is 12.6 Å². The van der Waals surface area contributed by atoms with E-state index in [4.69, 9.17) is 4.74 Å². The molecule has 0 aliphatic carbocycles. The number of H-pyrrole nitrogens is 1. The van der Waals surface area contributed by atoms with Gasteiger partial charge in [-0.1, -0.05) is 54.6 Å². The van der Waals surface area contributed by atoms with Crippen LogP contribution in [0.1, 0.15) is 17.2 Å². The fourth-order valence-corrected chi connectivity index (χ4v) is 5.25. The average Bonchev–Trinajstić information content (AvgIpc) is 3.27. The van der Waals surface area contributed by atoms with Gasteiger partial charge >= 0.3 is 0 Å². The van der Waals surface area contributed by atoms with Gasteiger partial charge in [-0.05, 0) is 41.5 Å². The Morgan fingerprint density at radius 3 is 2.46 bits per heavy atom. The highest BCUT2D eigenvalue weighted by Gasteiger charge is 2.17. The molecule has 0 spiro atoms. The number of fused-ring (bicyclic) bond motifs is 3. The van der Waals surface area contributed by atoms with Crippen molar-refractivity contribution in [1.82, 2.24) is 9.88 Å². The normalized spacial score (nSPS) is 12.7. The van der Waals surface area contributed by atoms with Gasteiger partial charge in [0.15, 0.2) is 0 Å². The maximum absolute atomic E-state index is 11.7. The summed E-state index contributed by atoms with van der Waals surface area (Å²) in [4.78, 5) is 5.51.